The van der Waals surface area contributed by atoms with Gasteiger partial charge in [-0.2, -0.15) is 0 Å². The summed E-state index contributed by atoms with van der Waals surface area (Å²) in [6.07, 6.45) is 0. The Labute approximate surface area is 159 Å². The standard InChI is InChI=1S/C21H18FNO5/c1-12-7-8-15-14(9-18(24)28-20(15)13(12)2)11-27-19(25)10-23-21(26)16-5-3-4-6-17(16)22/h3-9H,10-11H2,1-2H3,(H,23,26). The number of halogens is 1. The van der Waals surface area contributed by atoms with Crippen molar-refractivity contribution in [2.24, 2.45) is 0 Å². The summed E-state index contributed by atoms with van der Waals surface area (Å²) in [6.45, 7) is 3.16. The number of rotatable bonds is 5. The predicted molar refractivity (Wildman–Crippen MR) is 100 cm³/mol. The van der Waals surface area contributed by atoms with Crippen LogP contribution in [0.5, 0.6) is 0 Å². The first-order valence-electron chi connectivity index (χ1n) is 8.58. The molecule has 0 unspecified atom stereocenters. The summed E-state index contributed by atoms with van der Waals surface area (Å²) < 4.78 is 24.0. The lowest BCUT2D eigenvalue weighted by atomic mass is 10.0. The molecule has 0 aliphatic heterocycles. The lowest BCUT2D eigenvalue weighted by molar-refractivity contribution is -0.143. The summed E-state index contributed by atoms with van der Waals surface area (Å²) in [5.41, 5.74) is 2.06. The fourth-order valence-electron chi connectivity index (χ4n) is 2.75. The molecule has 3 rings (SSSR count). The monoisotopic (exact) mass is 383 g/mol. The Morgan fingerprint density at radius 1 is 1.14 bits per heavy atom. The number of nitrogens with one attached hydrogen (secondary N) is 1. The van der Waals surface area contributed by atoms with Crippen molar-refractivity contribution in [2.45, 2.75) is 20.5 Å². The van der Waals surface area contributed by atoms with Gasteiger partial charge in [-0.3, -0.25) is 9.59 Å². The van der Waals surface area contributed by atoms with Crippen molar-refractivity contribution < 1.29 is 23.1 Å². The molecule has 1 aromatic heterocycles. The smallest absolute Gasteiger partial charge is 0.336 e. The number of esters is 1. The third-order valence-electron chi connectivity index (χ3n) is 4.42. The van der Waals surface area contributed by atoms with Crippen LogP contribution in [0.25, 0.3) is 11.0 Å². The van der Waals surface area contributed by atoms with Gasteiger partial charge in [-0.15, -0.1) is 0 Å². The van der Waals surface area contributed by atoms with E-state index >= 15 is 0 Å². The minimum absolute atomic E-state index is 0.154. The summed E-state index contributed by atoms with van der Waals surface area (Å²) >= 11 is 0. The van der Waals surface area contributed by atoms with E-state index in [0.717, 1.165) is 17.2 Å². The van der Waals surface area contributed by atoms with Crippen LogP contribution < -0.4 is 10.9 Å². The second-order valence-corrected chi connectivity index (χ2v) is 6.30. The van der Waals surface area contributed by atoms with Crippen molar-refractivity contribution in [3.8, 4) is 0 Å². The Balaban J connectivity index is 1.67. The largest absolute Gasteiger partial charge is 0.459 e. The van der Waals surface area contributed by atoms with E-state index in [1.165, 1.54) is 24.3 Å². The molecule has 6 nitrogen and oxygen atoms in total. The SMILES string of the molecule is Cc1ccc2c(COC(=O)CNC(=O)c3ccccc3F)cc(=O)oc2c1C. The van der Waals surface area contributed by atoms with Gasteiger partial charge < -0.3 is 14.5 Å². The summed E-state index contributed by atoms with van der Waals surface area (Å²) in [6, 6.07) is 10.4. The predicted octanol–water partition coefficient (Wildman–Crippen LogP) is 3.02. The quantitative estimate of drug-likeness (QED) is 0.541. The highest BCUT2D eigenvalue weighted by atomic mass is 19.1. The Morgan fingerprint density at radius 2 is 1.89 bits per heavy atom. The second kappa shape index (κ2) is 8.04. The van der Waals surface area contributed by atoms with E-state index in [1.54, 1.807) is 6.07 Å². The van der Waals surface area contributed by atoms with Gasteiger partial charge in [0.15, 0.2) is 0 Å². The molecule has 144 valence electrons. The minimum atomic E-state index is -0.716. The second-order valence-electron chi connectivity index (χ2n) is 6.30. The van der Waals surface area contributed by atoms with E-state index in [9.17, 15) is 18.8 Å². The van der Waals surface area contributed by atoms with Crippen LogP contribution in [0.3, 0.4) is 0 Å². The van der Waals surface area contributed by atoms with Gasteiger partial charge in [-0.05, 0) is 37.1 Å². The van der Waals surface area contributed by atoms with Gasteiger partial charge in [0.2, 0.25) is 0 Å². The minimum Gasteiger partial charge on any atom is -0.459 e. The Hall–Kier alpha value is -3.48. The van der Waals surface area contributed by atoms with Crippen LogP contribution in [0.15, 0.2) is 51.7 Å². The average molecular weight is 383 g/mol. The topological polar surface area (TPSA) is 85.6 Å². The van der Waals surface area contributed by atoms with Crippen molar-refractivity contribution in [1.82, 2.24) is 5.32 Å². The average Bonchev–Trinajstić information content (AvgIpc) is 2.67. The van der Waals surface area contributed by atoms with Crippen molar-refractivity contribution >= 4 is 22.8 Å². The highest BCUT2D eigenvalue weighted by Crippen LogP contribution is 2.23. The third-order valence-corrected chi connectivity index (χ3v) is 4.42. The van der Waals surface area contributed by atoms with Crippen LogP contribution in [0.2, 0.25) is 0 Å². The normalized spacial score (nSPS) is 10.7. The van der Waals surface area contributed by atoms with Crippen LogP contribution >= 0.6 is 0 Å². The number of amides is 1. The molecule has 1 N–H and O–H groups in total. The van der Waals surface area contributed by atoms with Gasteiger partial charge in [0, 0.05) is 17.0 Å². The van der Waals surface area contributed by atoms with E-state index in [-0.39, 0.29) is 12.2 Å². The fourth-order valence-corrected chi connectivity index (χ4v) is 2.75. The van der Waals surface area contributed by atoms with Gasteiger partial charge in [-0.25, -0.2) is 9.18 Å². The number of hydrogen-bond acceptors (Lipinski definition) is 5. The molecule has 0 fully saturated rings. The zero-order chi connectivity index (χ0) is 20.3. The van der Waals surface area contributed by atoms with E-state index in [4.69, 9.17) is 9.15 Å². The van der Waals surface area contributed by atoms with Gasteiger partial charge in [-0.1, -0.05) is 24.3 Å². The van der Waals surface area contributed by atoms with E-state index in [2.05, 4.69) is 5.32 Å². The van der Waals surface area contributed by atoms with Crippen LogP contribution in [-0.4, -0.2) is 18.4 Å². The molecular formula is C21H18FNO5. The zero-order valence-corrected chi connectivity index (χ0v) is 15.4. The summed E-state index contributed by atoms with van der Waals surface area (Å²) in [5.74, 6) is -2.11. The highest BCUT2D eigenvalue weighted by Gasteiger charge is 2.14. The molecule has 0 spiro atoms. The molecular weight excluding hydrogens is 365 g/mol. The third kappa shape index (κ3) is 4.09. The molecule has 1 amide bonds. The van der Waals surface area contributed by atoms with Crippen molar-refractivity contribution in [1.29, 1.82) is 0 Å². The van der Waals surface area contributed by atoms with Crippen LogP contribution in [0.4, 0.5) is 4.39 Å². The number of benzene rings is 2. The number of ether oxygens (including phenoxy) is 1. The Bertz CT molecular complexity index is 1120. The van der Waals surface area contributed by atoms with E-state index in [0.29, 0.717) is 16.5 Å². The first kappa shape index (κ1) is 19.3. The maximum atomic E-state index is 13.6. The summed E-state index contributed by atoms with van der Waals surface area (Å²) in [4.78, 5) is 35.7. The lowest BCUT2D eigenvalue weighted by Gasteiger charge is -2.10. The molecule has 7 heteroatoms. The molecule has 0 atom stereocenters. The zero-order valence-electron chi connectivity index (χ0n) is 15.4. The molecule has 0 aliphatic carbocycles. The molecule has 1 heterocycles. The van der Waals surface area contributed by atoms with Gasteiger partial charge in [0.25, 0.3) is 5.91 Å². The van der Waals surface area contributed by atoms with Crippen LogP contribution in [0.1, 0.15) is 27.0 Å². The van der Waals surface area contributed by atoms with Gasteiger partial charge in [0.05, 0.1) is 5.56 Å². The number of carbonyl (C=O) groups is 2. The van der Waals surface area contributed by atoms with E-state index < -0.39 is 29.9 Å². The molecule has 3 aromatic rings. The van der Waals surface area contributed by atoms with Gasteiger partial charge in [0.1, 0.15) is 24.6 Å². The molecule has 0 saturated carbocycles. The summed E-state index contributed by atoms with van der Waals surface area (Å²) in [7, 11) is 0. The van der Waals surface area contributed by atoms with Gasteiger partial charge >= 0.3 is 11.6 Å². The highest BCUT2D eigenvalue weighted by molar-refractivity contribution is 5.96. The molecule has 0 bridgehead atoms. The molecule has 0 saturated heterocycles. The number of fused-ring (bicyclic) bond motifs is 1. The molecule has 28 heavy (non-hydrogen) atoms. The van der Waals surface area contributed by atoms with Crippen molar-refractivity contribution in [3.05, 3.63) is 81.0 Å². The number of aryl methyl sites for hydroxylation is 2. The number of hydrogen-bond donors (Lipinski definition) is 1. The Morgan fingerprint density at radius 3 is 2.64 bits per heavy atom. The first-order valence-corrected chi connectivity index (χ1v) is 8.58. The van der Waals surface area contributed by atoms with Crippen LogP contribution in [-0.2, 0) is 16.1 Å². The van der Waals surface area contributed by atoms with Crippen molar-refractivity contribution in [2.75, 3.05) is 6.54 Å². The fraction of sp³-hybridized carbons (Fsp3) is 0.190. The molecule has 0 aliphatic rings. The Kier molecular flexibility index (Phi) is 5.54. The molecule has 0 radical (unpaired) electrons. The molecule has 2 aromatic carbocycles. The van der Waals surface area contributed by atoms with E-state index in [1.807, 2.05) is 19.9 Å². The maximum absolute atomic E-state index is 13.6. The lowest BCUT2D eigenvalue weighted by Crippen LogP contribution is -2.31. The summed E-state index contributed by atoms with van der Waals surface area (Å²) in [5, 5.41) is 2.98. The maximum Gasteiger partial charge on any atom is 0.336 e. The van der Waals surface area contributed by atoms with Crippen LogP contribution in [0, 0.1) is 19.7 Å². The first-order chi connectivity index (χ1) is 13.4. The number of carbonyl (C=O) groups excluding carboxylic acids is 2. The van der Waals surface area contributed by atoms with Crippen molar-refractivity contribution in [3.63, 3.8) is 0 Å².